The van der Waals surface area contributed by atoms with Gasteiger partial charge in [-0.1, -0.05) is 178 Å². The molecule has 0 spiro atoms. The molecule has 59 heavy (non-hydrogen) atoms. The van der Waals surface area contributed by atoms with Crippen LogP contribution in [0.3, 0.4) is 0 Å². The summed E-state index contributed by atoms with van der Waals surface area (Å²) in [5.74, 6) is 1.68. The Balaban J connectivity index is 1.05. The summed E-state index contributed by atoms with van der Waals surface area (Å²) in [6.45, 7) is 4.70. The van der Waals surface area contributed by atoms with Gasteiger partial charge in [0.25, 0.3) is 0 Å². The smallest absolute Gasteiger partial charge is 0.135 e. The van der Waals surface area contributed by atoms with E-state index in [2.05, 4.69) is 231 Å². The van der Waals surface area contributed by atoms with Gasteiger partial charge in [-0.3, -0.25) is 0 Å². The standard InChI is InChI=1S/C57H41NO/c1-57(2)52-22-12-11-19-48(52)49-34-32-45(37-53(49)57)58(43-30-28-41(29-31-43)39-16-7-4-8-17-39)44-33-35-54-51(36-44)47-18-9-10-20-50(47)56-46(21-13-23-55(56)59-54)42-26-24-40(25-27-42)38-14-5-3-6-15-38/h3-37H,1-2H3. The van der Waals surface area contributed by atoms with E-state index in [1.807, 2.05) is 0 Å². The van der Waals surface area contributed by atoms with Crippen molar-refractivity contribution in [3.8, 4) is 78.3 Å². The zero-order valence-corrected chi connectivity index (χ0v) is 33.1. The van der Waals surface area contributed by atoms with Crippen molar-refractivity contribution < 1.29 is 4.74 Å². The molecule has 1 aliphatic carbocycles. The van der Waals surface area contributed by atoms with E-state index in [4.69, 9.17) is 4.74 Å². The minimum atomic E-state index is -0.128. The lowest BCUT2D eigenvalue weighted by atomic mass is 9.82. The van der Waals surface area contributed by atoms with Gasteiger partial charge in [-0.15, -0.1) is 0 Å². The summed E-state index contributed by atoms with van der Waals surface area (Å²) in [5, 5.41) is 0. The average Bonchev–Trinajstić information content (AvgIpc) is 3.42. The Labute approximate surface area is 346 Å². The number of hydrogen-bond acceptors (Lipinski definition) is 2. The van der Waals surface area contributed by atoms with Crippen LogP contribution in [0.2, 0.25) is 0 Å². The van der Waals surface area contributed by atoms with Gasteiger partial charge in [0, 0.05) is 33.6 Å². The van der Waals surface area contributed by atoms with Gasteiger partial charge < -0.3 is 9.64 Å². The molecular formula is C57H41NO. The fraction of sp³-hybridized carbons (Fsp3) is 0.0526. The fourth-order valence-electron chi connectivity index (χ4n) is 9.33. The summed E-state index contributed by atoms with van der Waals surface area (Å²) in [4.78, 5) is 2.40. The normalized spacial score (nSPS) is 12.8. The van der Waals surface area contributed by atoms with Gasteiger partial charge in [0.2, 0.25) is 0 Å². The second-order valence-electron chi connectivity index (χ2n) is 16.1. The molecule has 0 fully saturated rings. The van der Waals surface area contributed by atoms with Crippen LogP contribution >= 0.6 is 0 Å². The number of nitrogens with zero attached hydrogens (tertiary/aromatic N) is 1. The van der Waals surface area contributed by atoms with Crippen LogP contribution in [0.5, 0.6) is 11.5 Å². The summed E-state index contributed by atoms with van der Waals surface area (Å²) in [5.41, 5.74) is 20.0. The molecule has 2 aliphatic rings. The first-order valence-electron chi connectivity index (χ1n) is 20.4. The molecule has 0 aromatic heterocycles. The Kier molecular flexibility index (Phi) is 8.20. The zero-order chi connectivity index (χ0) is 39.5. The minimum absolute atomic E-state index is 0.128. The molecule has 2 nitrogen and oxygen atoms in total. The Bertz CT molecular complexity index is 3020. The number of rotatable bonds is 6. The maximum absolute atomic E-state index is 6.96. The van der Waals surface area contributed by atoms with Gasteiger partial charge >= 0.3 is 0 Å². The van der Waals surface area contributed by atoms with Crippen LogP contribution in [-0.4, -0.2) is 0 Å². The van der Waals surface area contributed by atoms with E-state index in [1.165, 1.54) is 44.5 Å². The van der Waals surface area contributed by atoms with E-state index >= 15 is 0 Å². The Hall–Kier alpha value is -7.42. The second kappa shape index (κ2) is 13.9. The van der Waals surface area contributed by atoms with Crippen molar-refractivity contribution in [2.45, 2.75) is 19.3 Å². The summed E-state index contributed by atoms with van der Waals surface area (Å²) < 4.78 is 6.96. The fourth-order valence-corrected chi connectivity index (χ4v) is 9.33. The molecular weight excluding hydrogens is 715 g/mol. The average molecular weight is 756 g/mol. The molecule has 0 N–H and O–H groups in total. The minimum Gasteiger partial charge on any atom is -0.456 e. The summed E-state index contributed by atoms with van der Waals surface area (Å²) in [7, 11) is 0. The molecule has 9 aromatic carbocycles. The number of fused-ring (bicyclic) bond motifs is 8. The first-order valence-corrected chi connectivity index (χ1v) is 20.4. The van der Waals surface area contributed by atoms with Crippen molar-refractivity contribution in [3.63, 3.8) is 0 Å². The van der Waals surface area contributed by atoms with Gasteiger partial charge in [-0.05, 0) is 115 Å². The van der Waals surface area contributed by atoms with Crippen molar-refractivity contribution in [3.05, 3.63) is 223 Å². The number of ether oxygens (including phenoxy) is 1. The highest BCUT2D eigenvalue weighted by atomic mass is 16.5. The molecule has 1 heterocycles. The van der Waals surface area contributed by atoms with Gasteiger partial charge in [0.1, 0.15) is 11.5 Å². The maximum atomic E-state index is 6.96. The van der Waals surface area contributed by atoms with Crippen LogP contribution in [-0.2, 0) is 5.41 Å². The number of anilines is 3. The summed E-state index contributed by atoms with van der Waals surface area (Å²) in [6, 6.07) is 76.7. The van der Waals surface area contributed by atoms with Crippen LogP contribution in [0.25, 0.3) is 66.8 Å². The lowest BCUT2D eigenvalue weighted by Gasteiger charge is -2.29. The van der Waals surface area contributed by atoms with Gasteiger partial charge in [0.15, 0.2) is 0 Å². The first kappa shape index (κ1) is 34.8. The molecule has 1 aliphatic heterocycles. The molecule has 9 aromatic rings. The second-order valence-corrected chi connectivity index (χ2v) is 16.1. The van der Waals surface area contributed by atoms with Crippen LogP contribution in [0.4, 0.5) is 17.1 Å². The summed E-state index contributed by atoms with van der Waals surface area (Å²) in [6.07, 6.45) is 0. The number of benzene rings is 9. The molecule has 280 valence electrons. The quantitative estimate of drug-likeness (QED) is 0.168. The van der Waals surface area contributed by atoms with E-state index < -0.39 is 0 Å². The third-order valence-corrected chi connectivity index (χ3v) is 12.3. The molecule has 11 rings (SSSR count). The molecule has 0 unspecified atom stereocenters. The molecule has 0 atom stereocenters. The maximum Gasteiger partial charge on any atom is 0.135 e. The lowest BCUT2D eigenvalue weighted by Crippen LogP contribution is -2.16. The van der Waals surface area contributed by atoms with Crippen molar-refractivity contribution in [1.82, 2.24) is 0 Å². The molecule has 0 bridgehead atoms. The summed E-state index contributed by atoms with van der Waals surface area (Å²) >= 11 is 0. The predicted molar refractivity (Wildman–Crippen MR) is 246 cm³/mol. The monoisotopic (exact) mass is 755 g/mol. The van der Waals surface area contributed by atoms with E-state index in [0.717, 1.165) is 61.9 Å². The van der Waals surface area contributed by atoms with Crippen LogP contribution in [0.1, 0.15) is 25.0 Å². The number of hydrogen-bond donors (Lipinski definition) is 0. The Morgan fingerprint density at radius 2 is 0.831 bits per heavy atom. The lowest BCUT2D eigenvalue weighted by molar-refractivity contribution is 0.488. The van der Waals surface area contributed by atoms with Gasteiger partial charge in [-0.25, -0.2) is 0 Å². The van der Waals surface area contributed by atoms with Crippen LogP contribution < -0.4 is 9.64 Å². The third kappa shape index (κ3) is 5.87. The highest BCUT2D eigenvalue weighted by Gasteiger charge is 2.36. The molecule has 2 heteroatoms. The van der Waals surface area contributed by atoms with Crippen LogP contribution in [0.15, 0.2) is 212 Å². The zero-order valence-electron chi connectivity index (χ0n) is 33.1. The highest BCUT2D eigenvalue weighted by Crippen LogP contribution is 2.53. The molecule has 0 amide bonds. The van der Waals surface area contributed by atoms with Crippen molar-refractivity contribution in [2.75, 3.05) is 4.90 Å². The van der Waals surface area contributed by atoms with Crippen LogP contribution in [0, 0.1) is 0 Å². The van der Waals surface area contributed by atoms with Gasteiger partial charge in [0.05, 0.1) is 0 Å². The van der Waals surface area contributed by atoms with E-state index in [9.17, 15) is 0 Å². The van der Waals surface area contributed by atoms with Crippen molar-refractivity contribution in [1.29, 1.82) is 0 Å². The SMILES string of the molecule is CC1(C)c2ccccc2-c2ccc(N(c3ccc(-c4ccccc4)cc3)c3ccc4c(c3)-c3ccccc3-c3c(cccc3-c3ccc(-c5ccccc5)cc3)O4)cc21. The van der Waals surface area contributed by atoms with E-state index in [-0.39, 0.29) is 5.41 Å². The van der Waals surface area contributed by atoms with E-state index in [1.54, 1.807) is 0 Å². The van der Waals surface area contributed by atoms with Crippen molar-refractivity contribution >= 4 is 17.1 Å². The predicted octanol–water partition coefficient (Wildman–Crippen LogP) is 15.9. The van der Waals surface area contributed by atoms with Gasteiger partial charge in [-0.2, -0.15) is 0 Å². The molecule has 0 saturated carbocycles. The third-order valence-electron chi connectivity index (χ3n) is 12.3. The molecule has 0 radical (unpaired) electrons. The molecule has 0 saturated heterocycles. The van der Waals surface area contributed by atoms with Crippen molar-refractivity contribution in [2.24, 2.45) is 0 Å². The Morgan fingerprint density at radius 1 is 0.322 bits per heavy atom. The largest absolute Gasteiger partial charge is 0.456 e. The first-order chi connectivity index (χ1) is 29.0. The van der Waals surface area contributed by atoms with E-state index in [0.29, 0.717) is 0 Å². The highest BCUT2D eigenvalue weighted by molar-refractivity contribution is 5.99. The Morgan fingerprint density at radius 3 is 1.54 bits per heavy atom. The topological polar surface area (TPSA) is 12.5 Å².